The first-order valence-electron chi connectivity index (χ1n) is 15.5. The minimum Gasteiger partial charge on any atom is -0.497 e. The summed E-state index contributed by atoms with van der Waals surface area (Å²) in [5, 5.41) is 43.8. The zero-order valence-electron chi connectivity index (χ0n) is 26.7. The van der Waals surface area contributed by atoms with Crippen LogP contribution in [0.3, 0.4) is 0 Å². The molecule has 0 amide bonds. The van der Waals surface area contributed by atoms with E-state index in [1.807, 2.05) is 42.5 Å². The molecule has 3 aliphatic rings. The molecule has 0 spiro atoms. The van der Waals surface area contributed by atoms with Gasteiger partial charge in [0.25, 0.3) is 0 Å². The maximum atomic E-state index is 11.6. The van der Waals surface area contributed by atoms with Crippen LogP contribution in [0.2, 0.25) is 25.7 Å². The largest absolute Gasteiger partial charge is 0.497 e. The van der Waals surface area contributed by atoms with Crippen LogP contribution in [0, 0.1) is 0 Å². The molecule has 2 aromatic carbocycles. The lowest BCUT2D eigenvalue weighted by atomic mass is 9.96. The molecule has 260 valence electrons. The van der Waals surface area contributed by atoms with Crippen molar-refractivity contribution in [3.8, 4) is 5.75 Å². The van der Waals surface area contributed by atoms with E-state index in [4.69, 9.17) is 50.1 Å². The molecule has 5 rings (SSSR count). The molecule has 3 saturated heterocycles. The number of thioether (sulfide) groups is 1. The number of hydrogen-bond acceptors (Lipinski definition) is 14. The van der Waals surface area contributed by atoms with Crippen LogP contribution in [0.1, 0.15) is 11.9 Å². The Kier molecular flexibility index (Phi) is 12.7. The van der Waals surface area contributed by atoms with E-state index >= 15 is 0 Å². The van der Waals surface area contributed by atoms with Crippen molar-refractivity contribution in [1.29, 1.82) is 0 Å². The Morgan fingerprint density at radius 3 is 2.30 bits per heavy atom. The lowest BCUT2D eigenvalue weighted by Gasteiger charge is -2.49. The summed E-state index contributed by atoms with van der Waals surface area (Å²) in [7, 11) is 0.147. The average molecular weight is 713 g/mol. The number of hydrogen-bond donors (Lipinski definition) is 4. The molecule has 3 aliphatic heterocycles. The Hall–Kier alpha value is -1.70. The van der Waals surface area contributed by atoms with Gasteiger partial charge in [0.05, 0.1) is 20.3 Å². The van der Waals surface area contributed by atoms with E-state index in [-0.39, 0.29) is 11.0 Å². The third-order valence-electron chi connectivity index (χ3n) is 8.12. The molecule has 3 heterocycles. The SMILES string of the molecule is COc1ccc([C@H]2OC[C@H]3O[C@@H](O[C@H]4[C@H](O)[C@@H](O)[C@H](OCC[Si](C)(C)C)O[C@@H]4CO)[C@H](O)[C@@H](OC(=S)Sc4ccccc4)[C@H]3O2)cc1. The van der Waals surface area contributed by atoms with Gasteiger partial charge >= 0.3 is 0 Å². The van der Waals surface area contributed by atoms with E-state index in [2.05, 4.69) is 19.6 Å². The highest BCUT2D eigenvalue weighted by Gasteiger charge is 2.54. The molecule has 0 saturated carbocycles. The van der Waals surface area contributed by atoms with Crippen molar-refractivity contribution >= 4 is 36.4 Å². The molecule has 0 aromatic heterocycles. The quantitative estimate of drug-likeness (QED) is 0.153. The normalized spacial score (nSPS) is 34.3. The lowest BCUT2D eigenvalue weighted by molar-refractivity contribution is -0.384. The summed E-state index contributed by atoms with van der Waals surface area (Å²) < 4.78 is 47.7. The molecular formula is C32H44O12S2Si. The molecule has 47 heavy (non-hydrogen) atoms. The molecule has 11 atom stereocenters. The van der Waals surface area contributed by atoms with Crippen LogP contribution in [0.15, 0.2) is 59.5 Å². The van der Waals surface area contributed by atoms with E-state index in [0.717, 1.165) is 16.5 Å². The van der Waals surface area contributed by atoms with Gasteiger partial charge in [-0.15, -0.1) is 0 Å². The monoisotopic (exact) mass is 712 g/mol. The van der Waals surface area contributed by atoms with Crippen molar-refractivity contribution < 1.29 is 58.3 Å². The highest BCUT2D eigenvalue weighted by molar-refractivity contribution is 8.22. The number of ether oxygens (including phenoxy) is 8. The summed E-state index contributed by atoms with van der Waals surface area (Å²) in [5.74, 6) is 0.674. The standard InChI is InChI=1S/C32H44O12S2Si/c1-37-19-12-10-18(11-13-19)29-39-17-22-27(43-29)28(44-32(45)46-20-8-6-5-7-9-20)25(36)31(41-22)42-26-21(16-33)40-30(24(35)23(26)34)38-14-15-47(2,3)4/h5-13,21-31,33-36H,14-17H2,1-4H3/t21-,22-,23-,24-,25-,26-,27+,28-,29+,30-,31+/m1/s1. The van der Waals surface area contributed by atoms with Crippen molar-refractivity contribution in [1.82, 2.24) is 0 Å². The van der Waals surface area contributed by atoms with Crippen molar-refractivity contribution in [2.45, 2.75) is 98.3 Å². The second-order valence-electron chi connectivity index (χ2n) is 12.8. The second kappa shape index (κ2) is 16.3. The molecule has 2 aromatic rings. The number of rotatable bonds is 11. The van der Waals surface area contributed by atoms with Crippen LogP contribution >= 0.6 is 24.0 Å². The van der Waals surface area contributed by atoms with Crippen molar-refractivity contribution in [2.75, 3.05) is 26.9 Å². The number of aliphatic hydroxyl groups is 4. The highest BCUT2D eigenvalue weighted by atomic mass is 32.2. The van der Waals surface area contributed by atoms with Gasteiger partial charge in [-0.3, -0.25) is 0 Å². The molecule has 0 bridgehead atoms. The van der Waals surface area contributed by atoms with E-state index in [1.165, 1.54) is 11.8 Å². The summed E-state index contributed by atoms with van der Waals surface area (Å²) >= 11 is 6.77. The summed E-state index contributed by atoms with van der Waals surface area (Å²) in [6, 6.07) is 17.4. The fraction of sp³-hybridized carbons (Fsp3) is 0.594. The predicted molar refractivity (Wildman–Crippen MR) is 178 cm³/mol. The summed E-state index contributed by atoms with van der Waals surface area (Å²) in [5.41, 5.74) is 0.723. The topological polar surface area (TPSA) is 155 Å². The number of benzene rings is 2. The third-order valence-corrected chi connectivity index (χ3v) is 10.9. The Balaban J connectivity index is 1.32. The summed E-state index contributed by atoms with van der Waals surface area (Å²) in [4.78, 5) is 0.844. The third kappa shape index (κ3) is 9.30. The first kappa shape index (κ1) is 36.6. The maximum absolute atomic E-state index is 11.6. The number of aliphatic hydroxyl groups excluding tert-OH is 4. The van der Waals surface area contributed by atoms with Gasteiger partial charge in [-0.25, -0.2) is 0 Å². The van der Waals surface area contributed by atoms with Gasteiger partial charge in [0.1, 0.15) is 48.5 Å². The molecule has 0 radical (unpaired) electrons. The Morgan fingerprint density at radius 1 is 0.915 bits per heavy atom. The minimum absolute atomic E-state index is 0.0508. The zero-order chi connectivity index (χ0) is 33.7. The van der Waals surface area contributed by atoms with Gasteiger partial charge in [0.2, 0.25) is 4.38 Å². The van der Waals surface area contributed by atoms with Gasteiger partial charge in [0.15, 0.2) is 25.0 Å². The summed E-state index contributed by atoms with van der Waals surface area (Å²) in [6.07, 6.45) is -12.9. The summed E-state index contributed by atoms with van der Waals surface area (Å²) in [6.45, 7) is 6.40. The average Bonchev–Trinajstić information content (AvgIpc) is 3.05. The van der Waals surface area contributed by atoms with Crippen LogP contribution in [-0.2, 0) is 33.2 Å². The van der Waals surface area contributed by atoms with Crippen LogP contribution in [-0.4, -0.2) is 121 Å². The minimum atomic E-state index is -1.53. The second-order valence-corrected chi connectivity index (χ2v) is 20.1. The molecule has 4 N–H and O–H groups in total. The van der Waals surface area contributed by atoms with E-state index in [9.17, 15) is 20.4 Å². The smallest absolute Gasteiger partial charge is 0.225 e. The first-order chi connectivity index (χ1) is 22.5. The van der Waals surface area contributed by atoms with Gasteiger partial charge in [-0.1, -0.05) is 50.0 Å². The van der Waals surface area contributed by atoms with Crippen molar-refractivity contribution in [3.63, 3.8) is 0 Å². The molecule has 15 heteroatoms. The van der Waals surface area contributed by atoms with Crippen LogP contribution in [0.4, 0.5) is 0 Å². The van der Waals surface area contributed by atoms with Gasteiger partial charge in [0, 0.05) is 25.1 Å². The molecular weight excluding hydrogens is 669 g/mol. The molecule has 3 fully saturated rings. The highest BCUT2D eigenvalue weighted by Crippen LogP contribution is 2.38. The van der Waals surface area contributed by atoms with Gasteiger partial charge in [-0.05, 0) is 54.3 Å². The number of methoxy groups -OCH3 is 1. The van der Waals surface area contributed by atoms with Crippen LogP contribution < -0.4 is 4.74 Å². The van der Waals surface area contributed by atoms with E-state index in [1.54, 1.807) is 19.2 Å². The van der Waals surface area contributed by atoms with Gasteiger partial charge < -0.3 is 58.3 Å². The number of thiocarbonyl (C=S) groups is 1. The fourth-order valence-corrected chi connectivity index (χ4v) is 7.23. The molecule has 0 aliphatic carbocycles. The lowest BCUT2D eigenvalue weighted by Crippen LogP contribution is -2.66. The van der Waals surface area contributed by atoms with Crippen molar-refractivity contribution in [2.24, 2.45) is 0 Å². The van der Waals surface area contributed by atoms with Crippen LogP contribution in [0.5, 0.6) is 5.75 Å². The maximum Gasteiger partial charge on any atom is 0.225 e. The van der Waals surface area contributed by atoms with Crippen LogP contribution in [0.25, 0.3) is 0 Å². The van der Waals surface area contributed by atoms with Gasteiger partial charge in [-0.2, -0.15) is 0 Å². The molecule has 12 nitrogen and oxygen atoms in total. The van der Waals surface area contributed by atoms with E-state index < -0.39 is 82.4 Å². The van der Waals surface area contributed by atoms with Crippen molar-refractivity contribution in [3.05, 3.63) is 60.2 Å². The fourth-order valence-electron chi connectivity index (χ4n) is 5.45. The Labute approximate surface area is 285 Å². The van der Waals surface area contributed by atoms with E-state index in [0.29, 0.717) is 12.4 Å². The number of fused-ring (bicyclic) bond motifs is 1. The predicted octanol–water partition coefficient (Wildman–Crippen LogP) is 2.84. The Bertz CT molecular complexity index is 1280. The molecule has 0 unspecified atom stereocenters. The zero-order valence-corrected chi connectivity index (χ0v) is 29.4. The first-order valence-corrected chi connectivity index (χ1v) is 20.5. The Morgan fingerprint density at radius 2 is 1.64 bits per heavy atom.